The molecule has 11 heteroatoms. The van der Waals surface area contributed by atoms with E-state index in [1.165, 1.54) is 12.1 Å². The molecule has 10 nitrogen and oxygen atoms in total. The van der Waals surface area contributed by atoms with Crippen LogP contribution in [0.1, 0.15) is 29.4 Å². The van der Waals surface area contributed by atoms with Gasteiger partial charge in [-0.2, -0.15) is 0 Å². The zero-order valence-corrected chi connectivity index (χ0v) is 20.2. The first-order valence-electron chi connectivity index (χ1n) is 12.0. The third kappa shape index (κ3) is 4.47. The summed E-state index contributed by atoms with van der Waals surface area (Å²) in [7, 11) is 1.62. The third-order valence-corrected chi connectivity index (χ3v) is 6.79. The number of ether oxygens (including phenoxy) is 3. The Labute approximate surface area is 211 Å². The predicted molar refractivity (Wildman–Crippen MR) is 133 cm³/mol. The molecular weight excluding hydrogens is 479 g/mol. The Morgan fingerprint density at radius 2 is 1.97 bits per heavy atom. The molecule has 2 aromatic carbocycles. The number of methoxy groups -OCH3 is 1. The van der Waals surface area contributed by atoms with Gasteiger partial charge in [-0.15, -0.1) is 5.10 Å². The van der Waals surface area contributed by atoms with Crippen LogP contribution < -0.4 is 15.0 Å². The number of fused-ring (bicyclic) bond motifs is 2. The van der Waals surface area contributed by atoms with Gasteiger partial charge in [0.05, 0.1) is 18.7 Å². The maximum atomic E-state index is 13.4. The summed E-state index contributed by atoms with van der Waals surface area (Å²) in [6.07, 6.45) is 2.84. The lowest BCUT2D eigenvalue weighted by molar-refractivity contribution is 0.174. The van der Waals surface area contributed by atoms with Crippen LogP contribution in [0.15, 0.2) is 53.3 Å². The van der Waals surface area contributed by atoms with Gasteiger partial charge < -0.3 is 19.2 Å². The molecular formula is C26H25FN6O4. The van der Waals surface area contributed by atoms with Crippen molar-refractivity contribution in [2.45, 2.75) is 19.0 Å². The lowest BCUT2D eigenvalue weighted by Gasteiger charge is -2.33. The smallest absolute Gasteiger partial charge is 0.253 e. The Hall–Kier alpha value is -4.09. The third-order valence-electron chi connectivity index (χ3n) is 6.79. The summed E-state index contributed by atoms with van der Waals surface area (Å²) in [5.74, 6) is 1.53. The largest absolute Gasteiger partial charge is 0.454 e. The molecule has 0 aliphatic carbocycles. The van der Waals surface area contributed by atoms with Gasteiger partial charge >= 0.3 is 0 Å². The number of hydrogen-bond donors (Lipinski definition) is 1. The average Bonchev–Trinajstić information content (AvgIpc) is 3.57. The number of nitrogens with zero attached hydrogens (tertiary/aromatic N) is 5. The summed E-state index contributed by atoms with van der Waals surface area (Å²) in [4.78, 5) is 18.6. The second kappa shape index (κ2) is 9.75. The molecule has 0 spiro atoms. The van der Waals surface area contributed by atoms with Gasteiger partial charge in [0.1, 0.15) is 11.9 Å². The van der Waals surface area contributed by atoms with E-state index < -0.39 is 6.04 Å². The first-order chi connectivity index (χ1) is 18.1. The number of pyridine rings is 1. The first kappa shape index (κ1) is 23.3. The quantitative estimate of drug-likeness (QED) is 0.410. The number of benzene rings is 2. The van der Waals surface area contributed by atoms with Crippen LogP contribution in [-0.2, 0) is 11.3 Å². The molecule has 2 aliphatic heterocycles. The van der Waals surface area contributed by atoms with Crippen molar-refractivity contribution >= 4 is 16.5 Å². The number of H-pyrrole nitrogens is 1. The SMILES string of the molecule is COCCn1nnnc1[C@H](c1cc2cc3c(cc2[nH]c1=O)OCO3)N1CC=C(c2ccc(F)cc2)CC1. The molecule has 0 bridgehead atoms. The van der Waals surface area contributed by atoms with Crippen LogP contribution in [0.3, 0.4) is 0 Å². The second-order valence-electron chi connectivity index (χ2n) is 8.98. The molecule has 0 radical (unpaired) electrons. The molecule has 0 fully saturated rings. The van der Waals surface area contributed by atoms with E-state index in [1.807, 2.05) is 12.1 Å². The van der Waals surface area contributed by atoms with Gasteiger partial charge in [-0.05, 0) is 52.2 Å². The summed E-state index contributed by atoms with van der Waals surface area (Å²) < 4.78 is 31.3. The standard InChI is InChI=1S/C26H25FN6O4/c1-35-11-10-33-25(29-30-31-33)24(32-8-6-17(7-9-32)16-2-4-19(27)5-3-16)20-12-18-13-22-23(37-15-36-22)14-21(18)28-26(20)34/h2-6,12-14,24H,7-11,15H2,1H3,(H,28,34)/t24-/m0/s1. The van der Waals surface area contributed by atoms with Crippen molar-refractivity contribution in [3.8, 4) is 11.5 Å². The van der Waals surface area contributed by atoms with E-state index >= 15 is 0 Å². The van der Waals surface area contributed by atoms with Crippen molar-refractivity contribution < 1.29 is 18.6 Å². The highest BCUT2D eigenvalue weighted by atomic mass is 19.1. The number of halogens is 1. The lowest BCUT2D eigenvalue weighted by Crippen LogP contribution is -2.38. The normalized spacial score (nSPS) is 16.2. The molecule has 4 aromatic rings. The fourth-order valence-electron chi connectivity index (χ4n) is 4.91. The maximum Gasteiger partial charge on any atom is 0.253 e. The molecule has 190 valence electrons. The molecule has 6 rings (SSSR count). The second-order valence-corrected chi connectivity index (χ2v) is 8.98. The van der Waals surface area contributed by atoms with Crippen molar-refractivity contribution in [3.63, 3.8) is 0 Å². The Morgan fingerprint density at radius 1 is 1.16 bits per heavy atom. The van der Waals surface area contributed by atoms with Crippen LogP contribution in [0.4, 0.5) is 4.39 Å². The van der Waals surface area contributed by atoms with Crippen LogP contribution in [0.2, 0.25) is 0 Å². The average molecular weight is 505 g/mol. The predicted octanol–water partition coefficient (Wildman–Crippen LogP) is 2.91. The van der Waals surface area contributed by atoms with Gasteiger partial charge in [-0.1, -0.05) is 18.2 Å². The van der Waals surface area contributed by atoms with Crippen LogP contribution >= 0.6 is 0 Å². The minimum atomic E-state index is -0.503. The highest BCUT2D eigenvalue weighted by Gasteiger charge is 2.32. The van der Waals surface area contributed by atoms with E-state index in [0.717, 1.165) is 22.9 Å². The first-order valence-corrected chi connectivity index (χ1v) is 12.0. The fourth-order valence-corrected chi connectivity index (χ4v) is 4.91. The topological polar surface area (TPSA) is 107 Å². The van der Waals surface area contributed by atoms with E-state index in [1.54, 1.807) is 30.0 Å². The van der Waals surface area contributed by atoms with Gasteiger partial charge in [-0.25, -0.2) is 9.07 Å². The van der Waals surface area contributed by atoms with Crippen molar-refractivity contribution in [2.24, 2.45) is 0 Å². The molecule has 1 atom stereocenters. The molecule has 0 saturated carbocycles. The highest BCUT2D eigenvalue weighted by Crippen LogP contribution is 2.37. The number of nitrogens with one attached hydrogen (secondary N) is 1. The summed E-state index contributed by atoms with van der Waals surface area (Å²) in [6, 6.07) is 11.5. The van der Waals surface area contributed by atoms with Crippen molar-refractivity contribution in [2.75, 3.05) is 33.6 Å². The lowest BCUT2D eigenvalue weighted by atomic mass is 9.96. The van der Waals surface area contributed by atoms with E-state index in [4.69, 9.17) is 14.2 Å². The molecule has 0 unspecified atom stereocenters. The van der Waals surface area contributed by atoms with Crippen LogP contribution in [0.5, 0.6) is 11.5 Å². The Bertz CT molecular complexity index is 1530. The Morgan fingerprint density at radius 3 is 2.73 bits per heavy atom. The molecule has 0 amide bonds. The van der Waals surface area contributed by atoms with Crippen LogP contribution in [0, 0.1) is 5.82 Å². The Balaban J connectivity index is 1.41. The molecule has 0 saturated heterocycles. The minimum absolute atomic E-state index is 0.149. The summed E-state index contributed by atoms with van der Waals surface area (Å²) in [5, 5.41) is 13.2. The molecule has 2 aromatic heterocycles. The van der Waals surface area contributed by atoms with E-state index in [9.17, 15) is 9.18 Å². The summed E-state index contributed by atoms with van der Waals surface area (Å²) in [6.45, 7) is 2.24. The van der Waals surface area contributed by atoms with E-state index in [2.05, 4.69) is 31.5 Å². The fraction of sp³-hybridized carbons (Fsp3) is 0.308. The molecule has 1 N–H and O–H groups in total. The number of aromatic nitrogens is 5. The number of tetrazole rings is 1. The van der Waals surface area contributed by atoms with Crippen molar-refractivity contribution in [1.29, 1.82) is 0 Å². The number of aromatic amines is 1. The van der Waals surface area contributed by atoms with Gasteiger partial charge in [0, 0.05) is 37.2 Å². The van der Waals surface area contributed by atoms with Crippen molar-refractivity contribution in [1.82, 2.24) is 30.1 Å². The molecule has 37 heavy (non-hydrogen) atoms. The zero-order chi connectivity index (χ0) is 25.4. The van der Waals surface area contributed by atoms with Crippen LogP contribution in [-0.4, -0.2) is 63.7 Å². The molecule has 4 heterocycles. The highest BCUT2D eigenvalue weighted by molar-refractivity contribution is 5.83. The summed E-state index contributed by atoms with van der Waals surface area (Å²) in [5.41, 5.74) is 3.08. The maximum absolute atomic E-state index is 13.4. The van der Waals surface area contributed by atoms with Gasteiger partial charge in [0.25, 0.3) is 5.56 Å². The monoisotopic (exact) mass is 504 g/mol. The van der Waals surface area contributed by atoms with E-state index in [-0.39, 0.29) is 18.2 Å². The Kier molecular flexibility index (Phi) is 6.15. The minimum Gasteiger partial charge on any atom is -0.454 e. The van der Waals surface area contributed by atoms with Gasteiger partial charge in [-0.3, -0.25) is 9.69 Å². The van der Waals surface area contributed by atoms with Crippen molar-refractivity contribution in [3.05, 3.63) is 81.7 Å². The van der Waals surface area contributed by atoms with Gasteiger partial charge in [0.2, 0.25) is 6.79 Å². The molecule has 2 aliphatic rings. The number of hydrogen-bond acceptors (Lipinski definition) is 8. The zero-order valence-electron chi connectivity index (χ0n) is 20.2. The van der Waals surface area contributed by atoms with E-state index in [0.29, 0.717) is 54.6 Å². The number of rotatable bonds is 7. The van der Waals surface area contributed by atoms with Crippen LogP contribution in [0.25, 0.3) is 16.5 Å². The summed E-state index contributed by atoms with van der Waals surface area (Å²) >= 11 is 0. The van der Waals surface area contributed by atoms with Gasteiger partial charge in [0.15, 0.2) is 17.3 Å².